The number of aryl methyl sites for hydroxylation is 1. The van der Waals surface area contributed by atoms with Gasteiger partial charge in [0, 0.05) is 17.3 Å². The van der Waals surface area contributed by atoms with Crippen molar-refractivity contribution in [1.82, 2.24) is 4.98 Å². The summed E-state index contributed by atoms with van der Waals surface area (Å²) in [4.78, 5) is 17.8. The molecule has 3 aromatic rings. The predicted octanol–water partition coefficient (Wildman–Crippen LogP) is 4.15. The van der Waals surface area contributed by atoms with Crippen molar-refractivity contribution in [2.24, 2.45) is 0 Å². The highest BCUT2D eigenvalue weighted by molar-refractivity contribution is 7.17. The Bertz CT molecular complexity index is 982. The third-order valence-electron chi connectivity index (χ3n) is 4.14. The molecule has 0 fully saturated rings. The summed E-state index contributed by atoms with van der Waals surface area (Å²) in [6.45, 7) is 2.87. The van der Waals surface area contributed by atoms with Gasteiger partial charge in [-0.15, -0.1) is 11.3 Å². The quantitative estimate of drug-likeness (QED) is 0.734. The Morgan fingerprint density at radius 1 is 1.11 bits per heavy atom. The number of nitrogens with zero attached hydrogens (tertiary/aromatic N) is 1. The van der Waals surface area contributed by atoms with Crippen LogP contribution in [0.1, 0.15) is 15.4 Å². The van der Waals surface area contributed by atoms with E-state index in [-0.39, 0.29) is 5.91 Å². The third kappa shape index (κ3) is 3.59. The normalized spacial score (nSPS) is 12.5. The average Bonchev–Trinajstić information content (AvgIpc) is 3.10. The molecule has 2 aromatic carbocycles. The predicted molar refractivity (Wildman–Crippen MR) is 104 cm³/mol. The van der Waals surface area contributed by atoms with E-state index in [4.69, 9.17) is 14.2 Å². The molecule has 7 heteroatoms. The highest BCUT2D eigenvalue weighted by Gasteiger charge is 2.18. The molecular weight excluding hydrogens is 364 g/mol. The molecular formula is C20H18N2O4S. The van der Waals surface area contributed by atoms with Crippen molar-refractivity contribution in [2.45, 2.75) is 6.92 Å². The molecule has 0 aliphatic carbocycles. The van der Waals surface area contributed by atoms with Crippen LogP contribution in [-0.2, 0) is 0 Å². The van der Waals surface area contributed by atoms with Crippen molar-refractivity contribution < 1.29 is 19.0 Å². The van der Waals surface area contributed by atoms with Crippen LogP contribution in [0.5, 0.6) is 17.2 Å². The summed E-state index contributed by atoms with van der Waals surface area (Å²) in [7, 11) is 1.63. The highest BCUT2D eigenvalue weighted by Crippen LogP contribution is 2.34. The van der Waals surface area contributed by atoms with E-state index in [0.717, 1.165) is 16.3 Å². The second-order valence-electron chi connectivity index (χ2n) is 5.97. The van der Waals surface area contributed by atoms with Gasteiger partial charge in [-0.3, -0.25) is 4.79 Å². The van der Waals surface area contributed by atoms with Gasteiger partial charge in [-0.25, -0.2) is 4.98 Å². The third-order valence-corrected chi connectivity index (χ3v) is 5.35. The number of hydrogen-bond donors (Lipinski definition) is 1. The number of anilines is 1. The maximum atomic E-state index is 12.7. The van der Waals surface area contributed by atoms with Gasteiger partial charge in [-0.2, -0.15) is 0 Å². The van der Waals surface area contributed by atoms with Crippen LogP contribution in [0, 0.1) is 6.92 Å². The first-order chi connectivity index (χ1) is 13.1. The van der Waals surface area contributed by atoms with Crippen molar-refractivity contribution in [3.63, 3.8) is 0 Å². The molecule has 27 heavy (non-hydrogen) atoms. The molecule has 1 aromatic heterocycles. The molecule has 0 spiro atoms. The molecule has 1 aliphatic heterocycles. The lowest BCUT2D eigenvalue weighted by molar-refractivity contribution is 0.102. The second kappa shape index (κ2) is 7.28. The lowest BCUT2D eigenvalue weighted by Crippen LogP contribution is -2.16. The SMILES string of the molecule is COc1ccc(-c2nc(C)c(C(=O)Nc3ccc4c(c3)OCCO4)s2)cc1. The maximum Gasteiger partial charge on any atom is 0.267 e. The fourth-order valence-corrected chi connectivity index (χ4v) is 3.74. The van der Waals surface area contributed by atoms with E-state index in [1.165, 1.54) is 11.3 Å². The number of fused-ring (bicyclic) bond motifs is 1. The Labute approximate surface area is 160 Å². The highest BCUT2D eigenvalue weighted by atomic mass is 32.1. The topological polar surface area (TPSA) is 69.7 Å². The van der Waals surface area contributed by atoms with Crippen LogP contribution in [0.3, 0.4) is 0 Å². The smallest absolute Gasteiger partial charge is 0.267 e. The molecule has 0 radical (unpaired) electrons. The standard InChI is InChI=1S/C20H18N2O4S/c1-12-18(27-20(21-12)13-3-6-15(24-2)7-4-13)19(23)22-14-5-8-16-17(11-14)26-10-9-25-16/h3-8,11H,9-10H2,1-2H3,(H,22,23). The monoisotopic (exact) mass is 382 g/mol. The van der Waals surface area contributed by atoms with Gasteiger partial charge in [0.05, 0.1) is 12.8 Å². The Kier molecular flexibility index (Phi) is 4.68. The summed E-state index contributed by atoms with van der Waals surface area (Å²) in [6, 6.07) is 13.0. The van der Waals surface area contributed by atoms with Crippen LogP contribution in [-0.4, -0.2) is 31.2 Å². The number of thiazole rings is 1. The Morgan fingerprint density at radius 3 is 2.59 bits per heavy atom. The summed E-state index contributed by atoms with van der Waals surface area (Å²) >= 11 is 1.36. The second-order valence-corrected chi connectivity index (χ2v) is 6.97. The molecule has 0 unspecified atom stereocenters. The molecule has 2 heterocycles. The minimum absolute atomic E-state index is 0.193. The lowest BCUT2D eigenvalue weighted by atomic mass is 10.2. The number of benzene rings is 2. The van der Waals surface area contributed by atoms with Crippen LogP contribution in [0.4, 0.5) is 5.69 Å². The van der Waals surface area contributed by atoms with E-state index in [9.17, 15) is 4.79 Å². The number of amides is 1. The van der Waals surface area contributed by atoms with Crippen molar-refractivity contribution in [3.05, 3.63) is 53.0 Å². The number of carbonyl (C=O) groups is 1. The largest absolute Gasteiger partial charge is 0.497 e. The van der Waals surface area contributed by atoms with E-state index in [0.29, 0.717) is 41.0 Å². The number of carbonyl (C=O) groups excluding carboxylic acids is 1. The minimum Gasteiger partial charge on any atom is -0.497 e. The minimum atomic E-state index is -0.193. The van der Waals surface area contributed by atoms with Crippen LogP contribution < -0.4 is 19.5 Å². The molecule has 0 saturated heterocycles. The van der Waals surface area contributed by atoms with Gasteiger partial charge in [-0.1, -0.05) is 0 Å². The average molecular weight is 382 g/mol. The fourth-order valence-electron chi connectivity index (χ4n) is 2.77. The van der Waals surface area contributed by atoms with Gasteiger partial charge in [0.2, 0.25) is 0 Å². The van der Waals surface area contributed by atoms with Gasteiger partial charge in [0.25, 0.3) is 5.91 Å². The van der Waals surface area contributed by atoms with Crippen LogP contribution in [0.15, 0.2) is 42.5 Å². The van der Waals surface area contributed by atoms with Gasteiger partial charge in [-0.05, 0) is 43.3 Å². The zero-order chi connectivity index (χ0) is 18.8. The first-order valence-corrected chi connectivity index (χ1v) is 9.28. The van der Waals surface area contributed by atoms with E-state index < -0.39 is 0 Å². The molecule has 0 saturated carbocycles. The van der Waals surface area contributed by atoms with Crippen LogP contribution in [0.2, 0.25) is 0 Å². The van der Waals surface area contributed by atoms with Gasteiger partial charge in [0.15, 0.2) is 11.5 Å². The van der Waals surface area contributed by atoms with Crippen molar-refractivity contribution in [3.8, 4) is 27.8 Å². The number of aromatic nitrogens is 1. The Balaban J connectivity index is 1.54. The van der Waals surface area contributed by atoms with Gasteiger partial charge >= 0.3 is 0 Å². The molecule has 6 nitrogen and oxygen atoms in total. The number of rotatable bonds is 4. The first-order valence-electron chi connectivity index (χ1n) is 8.47. The zero-order valence-corrected chi connectivity index (χ0v) is 15.8. The molecule has 138 valence electrons. The number of ether oxygens (including phenoxy) is 3. The molecule has 4 rings (SSSR count). The van der Waals surface area contributed by atoms with E-state index in [2.05, 4.69) is 10.3 Å². The number of hydrogen-bond acceptors (Lipinski definition) is 6. The number of nitrogens with one attached hydrogen (secondary N) is 1. The summed E-state index contributed by atoms with van der Waals surface area (Å²) in [5.74, 6) is 1.92. The van der Waals surface area contributed by atoms with Crippen molar-refractivity contribution in [1.29, 1.82) is 0 Å². The molecule has 1 N–H and O–H groups in total. The van der Waals surface area contributed by atoms with Crippen molar-refractivity contribution >= 4 is 22.9 Å². The molecule has 1 aliphatic rings. The molecule has 1 amide bonds. The van der Waals surface area contributed by atoms with Gasteiger partial charge in [0.1, 0.15) is 28.8 Å². The summed E-state index contributed by atoms with van der Waals surface area (Å²) in [5.41, 5.74) is 2.30. The maximum absolute atomic E-state index is 12.7. The first kappa shape index (κ1) is 17.4. The fraction of sp³-hybridized carbons (Fsp3) is 0.200. The van der Waals surface area contributed by atoms with E-state index in [1.54, 1.807) is 25.3 Å². The van der Waals surface area contributed by atoms with E-state index in [1.807, 2.05) is 31.2 Å². The van der Waals surface area contributed by atoms with Gasteiger partial charge < -0.3 is 19.5 Å². The molecule has 0 bridgehead atoms. The molecule has 0 atom stereocenters. The lowest BCUT2D eigenvalue weighted by Gasteiger charge is -2.18. The van der Waals surface area contributed by atoms with Crippen molar-refractivity contribution in [2.75, 3.05) is 25.6 Å². The van der Waals surface area contributed by atoms with Crippen LogP contribution in [0.25, 0.3) is 10.6 Å². The van der Waals surface area contributed by atoms with Crippen LogP contribution >= 0.6 is 11.3 Å². The summed E-state index contributed by atoms with van der Waals surface area (Å²) < 4.78 is 16.2. The zero-order valence-electron chi connectivity index (χ0n) is 14.9. The Morgan fingerprint density at radius 2 is 1.85 bits per heavy atom. The summed E-state index contributed by atoms with van der Waals surface area (Å²) in [5, 5.41) is 3.70. The van der Waals surface area contributed by atoms with E-state index >= 15 is 0 Å². The Hall–Kier alpha value is -3.06. The summed E-state index contributed by atoms with van der Waals surface area (Å²) in [6.07, 6.45) is 0. The number of methoxy groups -OCH3 is 1.